The van der Waals surface area contributed by atoms with E-state index in [0.717, 1.165) is 23.4 Å². The van der Waals surface area contributed by atoms with Gasteiger partial charge in [0.05, 0.1) is 11.9 Å². The number of hydrogen-bond donors (Lipinski definition) is 1. The Labute approximate surface area is 144 Å². The predicted molar refractivity (Wildman–Crippen MR) is 95.4 cm³/mol. The van der Waals surface area contributed by atoms with Gasteiger partial charge in [-0.3, -0.25) is 9.10 Å². The Balaban J connectivity index is 3.13. The van der Waals surface area contributed by atoms with E-state index >= 15 is 0 Å². The van der Waals surface area contributed by atoms with Crippen LogP contribution in [0.2, 0.25) is 5.02 Å². The zero-order valence-electron chi connectivity index (χ0n) is 14.0. The fraction of sp³-hybridized carbons (Fsp3) is 0.562. The average molecular weight is 361 g/mol. The monoisotopic (exact) mass is 360 g/mol. The van der Waals surface area contributed by atoms with Crippen molar-refractivity contribution in [2.75, 3.05) is 10.6 Å². The Kier molecular flexibility index (Phi) is 7.35. The Hall–Kier alpha value is -1.27. The van der Waals surface area contributed by atoms with Gasteiger partial charge in [-0.15, -0.1) is 0 Å². The highest BCUT2D eigenvalue weighted by Crippen LogP contribution is 2.24. The van der Waals surface area contributed by atoms with Crippen LogP contribution in [0.4, 0.5) is 5.69 Å². The molecule has 1 rings (SSSR count). The lowest BCUT2D eigenvalue weighted by molar-refractivity contribution is -0.122. The predicted octanol–water partition coefficient (Wildman–Crippen LogP) is 3.19. The minimum atomic E-state index is -3.61. The molecule has 1 aromatic rings. The molecule has 0 saturated carbocycles. The first-order valence-electron chi connectivity index (χ1n) is 7.76. The van der Waals surface area contributed by atoms with Crippen molar-refractivity contribution in [3.63, 3.8) is 0 Å². The van der Waals surface area contributed by atoms with Crippen molar-refractivity contribution >= 4 is 33.2 Å². The van der Waals surface area contributed by atoms with E-state index in [4.69, 9.17) is 11.6 Å². The van der Waals surface area contributed by atoms with Crippen molar-refractivity contribution in [1.29, 1.82) is 0 Å². The SMILES string of the molecule is CCC[C@H](C)NC(=O)[C@H](CC)N(c1ccc(Cl)cc1)S(C)(=O)=O. The molecule has 130 valence electrons. The van der Waals surface area contributed by atoms with Crippen LogP contribution < -0.4 is 9.62 Å². The third-order valence-electron chi connectivity index (χ3n) is 3.52. The molecular weight excluding hydrogens is 336 g/mol. The van der Waals surface area contributed by atoms with Crippen LogP contribution in [-0.4, -0.2) is 32.7 Å². The second-order valence-corrected chi connectivity index (χ2v) is 7.95. The number of benzene rings is 1. The molecule has 0 aromatic heterocycles. The molecule has 1 amide bonds. The van der Waals surface area contributed by atoms with Gasteiger partial charge in [-0.2, -0.15) is 0 Å². The number of rotatable bonds is 8. The number of halogens is 1. The van der Waals surface area contributed by atoms with E-state index in [1.165, 1.54) is 0 Å². The smallest absolute Gasteiger partial charge is 0.244 e. The summed E-state index contributed by atoms with van der Waals surface area (Å²) in [6.45, 7) is 5.75. The molecule has 0 aliphatic carbocycles. The fourth-order valence-corrected chi connectivity index (χ4v) is 3.83. The number of anilines is 1. The summed E-state index contributed by atoms with van der Waals surface area (Å²) in [6.07, 6.45) is 3.28. The Morgan fingerprint density at radius 2 is 1.83 bits per heavy atom. The molecular formula is C16H25ClN2O3S. The molecule has 0 bridgehead atoms. The average Bonchev–Trinajstić information content (AvgIpc) is 2.44. The van der Waals surface area contributed by atoms with E-state index in [1.807, 2.05) is 13.8 Å². The topological polar surface area (TPSA) is 66.5 Å². The maximum absolute atomic E-state index is 12.5. The third kappa shape index (κ3) is 5.70. The highest BCUT2D eigenvalue weighted by molar-refractivity contribution is 7.92. The van der Waals surface area contributed by atoms with Crippen LogP contribution in [0.1, 0.15) is 40.0 Å². The van der Waals surface area contributed by atoms with E-state index in [-0.39, 0.29) is 11.9 Å². The number of nitrogens with one attached hydrogen (secondary N) is 1. The highest BCUT2D eigenvalue weighted by atomic mass is 35.5. The van der Waals surface area contributed by atoms with Crippen LogP contribution in [0, 0.1) is 0 Å². The number of sulfonamides is 1. The molecule has 1 aromatic carbocycles. The molecule has 5 nitrogen and oxygen atoms in total. The highest BCUT2D eigenvalue weighted by Gasteiger charge is 2.31. The zero-order valence-corrected chi connectivity index (χ0v) is 15.6. The summed E-state index contributed by atoms with van der Waals surface area (Å²) in [7, 11) is -3.61. The maximum atomic E-state index is 12.5. The van der Waals surface area contributed by atoms with Gasteiger partial charge in [-0.25, -0.2) is 8.42 Å². The largest absolute Gasteiger partial charge is 0.352 e. The summed E-state index contributed by atoms with van der Waals surface area (Å²) < 4.78 is 25.7. The lowest BCUT2D eigenvalue weighted by Gasteiger charge is -2.31. The van der Waals surface area contributed by atoms with Gasteiger partial charge < -0.3 is 5.32 Å². The number of carbonyl (C=O) groups is 1. The Morgan fingerprint density at radius 1 is 1.26 bits per heavy atom. The van der Waals surface area contributed by atoms with E-state index in [2.05, 4.69) is 5.32 Å². The second-order valence-electron chi connectivity index (χ2n) is 5.66. The van der Waals surface area contributed by atoms with Crippen molar-refractivity contribution in [2.45, 2.75) is 52.1 Å². The Bertz CT molecular complexity index is 617. The van der Waals surface area contributed by atoms with Gasteiger partial charge in [0.1, 0.15) is 6.04 Å². The number of amides is 1. The van der Waals surface area contributed by atoms with Crippen LogP contribution in [0.5, 0.6) is 0 Å². The Morgan fingerprint density at radius 3 is 2.26 bits per heavy atom. The van der Waals surface area contributed by atoms with Crippen molar-refractivity contribution < 1.29 is 13.2 Å². The van der Waals surface area contributed by atoms with Gasteiger partial charge in [-0.1, -0.05) is 31.9 Å². The zero-order chi connectivity index (χ0) is 17.6. The maximum Gasteiger partial charge on any atom is 0.244 e. The molecule has 0 fully saturated rings. The molecule has 0 spiro atoms. The van der Waals surface area contributed by atoms with E-state index in [1.54, 1.807) is 31.2 Å². The molecule has 0 aliphatic heterocycles. The summed E-state index contributed by atoms with van der Waals surface area (Å²) in [5, 5.41) is 3.40. The summed E-state index contributed by atoms with van der Waals surface area (Å²) in [4.78, 5) is 12.5. The minimum Gasteiger partial charge on any atom is -0.352 e. The van der Waals surface area contributed by atoms with E-state index in [9.17, 15) is 13.2 Å². The molecule has 7 heteroatoms. The van der Waals surface area contributed by atoms with Crippen molar-refractivity contribution in [1.82, 2.24) is 5.32 Å². The molecule has 23 heavy (non-hydrogen) atoms. The van der Waals surface area contributed by atoms with Gasteiger partial charge in [0.2, 0.25) is 15.9 Å². The summed E-state index contributed by atoms with van der Waals surface area (Å²) in [5.41, 5.74) is 0.432. The summed E-state index contributed by atoms with van der Waals surface area (Å²) >= 11 is 5.86. The van der Waals surface area contributed by atoms with Gasteiger partial charge in [0.15, 0.2) is 0 Å². The standard InChI is InChI=1S/C16H25ClN2O3S/c1-5-7-12(3)18-16(20)15(6-2)19(23(4,21)22)14-10-8-13(17)9-11-14/h8-12,15H,5-7H2,1-4H3,(H,18,20)/t12-,15-/m0/s1. The van der Waals surface area contributed by atoms with Crippen LogP contribution in [0.25, 0.3) is 0 Å². The first-order valence-corrected chi connectivity index (χ1v) is 9.98. The minimum absolute atomic E-state index is 0.00757. The van der Waals surface area contributed by atoms with Gasteiger partial charge >= 0.3 is 0 Å². The normalized spacial score (nSPS) is 14.1. The van der Waals surface area contributed by atoms with Gasteiger partial charge in [0.25, 0.3) is 0 Å². The first-order chi connectivity index (χ1) is 10.7. The van der Waals surface area contributed by atoms with Crippen LogP contribution in [-0.2, 0) is 14.8 Å². The van der Waals surface area contributed by atoms with Gasteiger partial charge in [0, 0.05) is 11.1 Å². The lowest BCUT2D eigenvalue weighted by atomic mass is 10.1. The number of nitrogens with zero attached hydrogens (tertiary/aromatic N) is 1. The van der Waals surface area contributed by atoms with Crippen LogP contribution in [0.15, 0.2) is 24.3 Å². The molecule has 0 heterocycles. The molecule has 0 unspecified atom stereocenters. The molecule has 0 aliphatic rings. The lowest BCUT2D eigenvalue weighted by Crippen LogP contribution is -2.51. The van der Waals surface area contributed by atoms with E-state index in [0.29, 0.717) is 17.1 Å². The molecule has 0 radical (unpaired) electrons. The van der Waals surface area contributed by atoms with Crippen LogP contribution >= 0.6 is 11.6 Å². The number of carbonyl (C=O) groups excluding carboxylic acids is 1. The van der Waals surface area contributed by atoms with Crippen molar-refractivity contribution in [3.8, 4) is 0 Å². The van der Waals surface area contributed by atoms with Crippen molar-refractivity contribution in [3.05, 3.63) is 29.3 Å². The fourth-order valence-electron chi connectivity index (χ4n) is 2.49. The van der Waals surface area contributed by atoms with Crippen LogP contribution in [0.3, 0.4) is 0 Å². The molecule has 0 saturated heterocycles. The first kappa shape index (κ1) is 19.8. The molecule has 2 atom stereocenters. The molecule has 1 N–H and O–H groups in total. The van der Waals surface area contributed by atoms with E-state index < -0.39 is 16.1 Å². The van der Waals surface area contributed by atoms with Crippen molar-refractivity contribution in [2.24, 2.45) is 0 Å². The summed E-state index contributed by atoms with van der Waals surface area (Å²) in [5.74, 6) is -0.283. The quantitative estimate of drug-likeness (QED) is 0.774. The van der Waals surface area contributed by atoms with Gasteiger partial charge in [-0.05, 0) is 44.0 Å². The second kappa shape index (κ2) is 8.55. The number of hydrogen-bond acceptors (Lipinski definition) is 3. The third-order valence-corrected chi connectivity index (χ3v) is 4.95. The summed E-state index contributed by atoms with van der Waals surface area (Å²) in [6, 6.07) is 5.65.